The maximum Gasteiger partial charge on any atom is 0.244 e. The van der Waals surface area contributed by atoms with Crippen LogP contribution in [-0.2, 0) is 11.2 Å². The molecule has 0 saturated carbocycles. The molecule has 3 heterocycles. The molecule has 1 fully saturated rings. The number of aromatic nitrogens is 2. The molecule has 0 spiro atoms. The highest BCUT2D eigenvalue weighted by molar-refractivity contribution is 5.98. The average molecular weight is 394 g/mol. The van der Waals surface area contributed by atoms with Crippen LogP contribution in [0.5, 0.6) is 0 Å². The lowest BCUT2D eigenvalue weighted by atomic mass is 10.1. The van der Waals surface area contributed by atoms with Gasteiger partial charge in [0.2, 0.25) is 5.91 Å². The number of rotatable bonds is 4. The minimum absolute atomic E-state index is 0.110. The zero-order valence-electron chi connectivity index (χ0n) is 17.9. The Hall–Kier alpha value is -2.47. The molecule has 1 unspecified atom stereocenters. The van der Waals surface area contributed by atoms with Crippen LogP contribution in [-0.4, -0.2) is 59.5 Å². The molecule has 154 valence electrons. The number of para-hydroxylation sites is 1. The fraction of sp³-hybridized carbons (Fsp3) is 0.522. The summed E-state index contributed by atoms with van der Waals surface area (Å²) in [7, 11) is 0. The molecule has 0 bridgehead atoms. The SMILES string of the molecule is Cc1cc(N2CCN(C(C)C(=O)N3CCc4ccccc43)CC2)nc(C(C)C)n1. The number of carbonyl (C=O) groups excluding carboxylic acids is 1. The zero-order chi connectivity index (χ0) is 20.5. The highest BCUT2D eigenvalue weighted by Gasteiger charge is 2.32. The summed E-state index contributed by atoms with van der Waals surface area (Å²) >= 11 is 0. The lowest BCUT2D eigenvalue weighted by Gasteiger charge is -2.39. The van der Waals surface area contributed by atoms with Gasteiger partial charge in [-0.2, -0.15) is 0 Å². The normalized spacial score (nSPS) is 18.2. The van der Waals surface area contributed by atoms with Crippen molar-refractivity contribution in [1.82, 2.24) is 14.9 Å². The van der Waals surface area contributed by atoms with E-state index in [9.17, 15) is 4.79 Å². The van der Waals surface area contributed by atoms with E-state index in [4.69, 9.17) is 4.98 Å². The summed E-state index contributed by atoms with van der Waals surface area (Å²) < 4.78 is 0. The summed E-state index contributed by atoms with van der Waals surface area (Å²) in [5.41, 5.74) is 3.37. The van der Waals surface area contributed by atoms with E-state index in [-0.39, 0.29) is 11.9 Å². The van der Waals surface area contributed by atoms with Crippen LogP contribution in [0, 0.1) is 6.92 Å². The van der Waals surface area contributed by atoms with Gasteiger partial charge in [-0.05, 0) is 31.9 Å². The smallest absolute Gasteiger partial charge is 0.244 e. The van der Waals surface area contributed by atoms with Gasteiger partial charge in [0.25, 0.3) is 0 Å². The van der Waals surface area contributed by atoms with Gasteiger partial charge in [0.05, 0.1) is 6.04 Å². The van der Waals surface area contributed by atoms with Gasteiger partial charge in [0.15, 0.2) is 0 Å². The Labute approximate surface area is 173 Å². The molecule has 2 aliphatic rings. The molecule has 29 heavy (non-hydrogen) atoms. The van der Waals surface area contributed by atoms with E-state index < -0.39 is 0 Å². The number of piperazine rings is 1. The Kier molecular flexibility index (Phi) is 5.54. The van der Waals surface area contributed by atoms with Crippen molar-refractivity contribution in [2.24, 2.45) is 0 Å². The van der Waals surface area contributed by atoms with Crippen molar-refractivity contribution in [2.45, 2.75) is 46.1 Å². The Bertz CT molecular complexity index is 889. The third-order valence-corrected chi connectivity index (χ3v) is 6.07. The molecule has 2 aliphatic heterocycles. The van der Waals surface area contributed by atoms with Crippen LogP contribution >= 0.6 is 0 Å². The second-order valence-corrected chi connectivity index (χ2v) is 8.45. The number of hydrogen-bond acceptors (Lipinski definition) is 5. The number of fused-ring (bicyclic) bond motifs is 1. The molecular weight excluding hydrogens is 362 g/mol. The average Bonchev–Trinajstić information content (AvgIpc) is 3.16. The molecule has 1 aromatic carbocycles. The first kappa shape index (κ1) is 19.8. The minimum atomic E-state index is -0.110. The molecule has 1 saturated heterocycles. The number of hydrogen-bond donors (Lipinski definition) is 0. The Morgan fingerprint density at radius 3 is 2.45 bits per heavy atom. The van der Waals surface area contributed by atoms with E-state index in [2.05, 4.69) is 52.9 Å². The lowest BCUT2D eigenvalue weighted by Crippen LogP contribution is -2.54. The monoisotopic (exact) mass is 393 g/mol. The Morgan fingerprint density at radius 1 is 1.00 bits per heavy atom. The Balaban J connectivity index is 1.40. The summed E-state index contributed by atoms with van der Waals surface area (Å²) in [5, 5.41) is 0. The number of nitrogens with zero attached hydrogens (tertiary/aromatic N) is 5. The highest BCUT2D eigenvalue weighted by atomic mass is 16.2. The second kappa shape index (κ2) is 8.11. The van der Waals surface area contributed by atoms with E-state index in [1.165, 1.54) is 5.56 Å². The Morgan fingerprint density at radius 2 is 1.72 bits per heavy atom. The summed E-state index contributed by atoms with van der Waals surface area (Å²) in [4.78, 5) is 29.1. The van der Waals surface area contributed by atoms with Crippen molar-refractivity contribution in [1.29, 1.82) is 0 Å². The first-order valence-electron chi connectivity index (χ1n) is 10.7. The minimum Gasteiger partial charge on any atom is -0.354 e. The van der Waals surface area contributed by atoms with Crippen LogP contribution in [0.3, 0.4) is 0 Å². The first-order valence-corrected chi connectivity index (χ1v) is 10.7. The van der Waals surface area contributed by atoms with Gasteiger partial charge in [0, 0.05) is 56.1 Å². The molecule has 2 aromatic rings. The van der Waals surface area contributed by atoms with Crippen LogP contribution < -0.4 is 9.80 Å². The molecule has 0 N–H and O–H groups in total. The van der Waals surface area contributed by atoms with E-state index in [0.29, 0.717) is 5.92 Å². The first-order chi connectivity index (χ1) is 13.9. The summed E-state index contributed by atoms with van der Waals surface area (Å²) in [6.07, 6.45) is 0.952. The van der Waals surface area contributed by atoms with Gasteiger partial charge >= 0.3 is 0 Å². The van der Waals surface area contributed by atoms with Gasteiger partial charge in [-0.1, -0.05) is 32.0 Å². The molecule has 0 radical (unpaired) electrons. The van der Waals surface area contributed by atoms with Crippen LogP contribution in [0.4, 0.5) is 11.5 Å². The molecule has 1 aromatic heterocycles. The maximum absolute atomic E-state index is 13.2. The summed E-state index contributed by atoms with van der Waals surface area (Å²) in [6, 6.07) is 10.2. The third-order valence-electron chi connectivity index (χ3n) is 6.07. The van der Waals surface area contributed by atoms with Gasteiger partial charge in [-0.25, -0.2) is 9.97 Å². The molecule has 1 atom stereocenters. The number of carbonyl (C=O) groups is 1. The largest absolute Gasteiger partial charge is 0.354 e. The molecule has 6 nitrogen and oxygen atoms in total. The van der Waals surface area contributed by atoms with Crippen LogP contribution in [0.25, 0.3) is 0 Å². The van der Waals surface area contributed by atoms with Crippen molar-refractivity contribution >= 4 is 17.4 Å². The van der Waals surface area contributed by atoms with Gasteiger partial charge in [-0.3, -0.25) is 9.69 Å². The van der Waals surface area contributed by atoms with E-state index in [0.717, 1.165) is 62.2 Å². The van der Waals surface area contributed by atoms with Gasteiger partial charge < -0.3 is 9.80 Å². The number of benzene rings is 1. The van der Waals surface area contributed by atoms with Crippen molar-refractivity contribution in [3.63, 3.8) is 0 Å². The van der Waals surface area contributed by atoms with E-state index in [1.54, 1.807) is 0 Å². The zero-order valence-corrected chi connectivity index (χ0v) is 17.9. The quantitative estimate of drug-likeness (QED) is 0.799. The van der Waals surface area contributed by atoms with Crippen LogP contribution in [0.2, 0.25) is 0 Å². The molecule has 0 aliphatic carbocycles. The number of amides is 1. The van der Waals surface area contributed by atoms with Crippen molar-refractivity contribution < 1.29 is 4.79 Å². The van der Waals surface area contributed by atoms with Gasteiger partial charge in [0.1, 0.15) is 11.6 Å². The van der Waals surface area contributed by atoms with Crippen LogP contribution in [0.15, 0.2) is 30.3 Å². The predicted octanol–water partition coefficient (Wildman–Crippen LogP) is 3.01. The van der Waals surface area contributed by atoms with Crippen molar-refractivity contribution in [2.75, 3.05) is 42.5 Å². The standard InChI is InChI=1S/C23H31N5O/c1-16(2)22-24-17(3)15-21(25-22)27-13-11-26(12-14-27)18(4)23(29)28-10-9-19-7-5-6-8-20(19)28/h5-8,15-16,18H,9-14H2,1-4H3. The molecular formula is C23H31N5O. The van der Waals surface area contributed by atoms with Gasteiger partial charge in [-0.15, -0.1) is 0 Å². The predicted molar refractivity (Wildman–Crippen MR) is 117 cm³/mol. The summed E-state index contributed by atoms with van der Waals surface area (Å²) in [6.45, 7) is 12.6. The molecule has 4 rings (SSSR count). The van der Waals surface area contributed by atoms with Crippen molar-refractivity contribution in [3.8, 4) is 0 Å². The fourth-order valence-electron chi connectivity index (χ4n) is 4.28. The highest BCUT2D eigenvalue weighted by Crippen LogP contribution is 2.29. The lowest BCUT2D eigenvalue weighted by molar-refractivity contribution is -0.123. The van der Waals surface area contributed by atoms with E-state index in [1.807, 2.05) is 24.8 Å². The van der Waals surface area contributed by atoms with Crippen molar-refractivity contribution in [3.05, 3.63) is 47.4 Å². The maximum atomic E-state index is 13.2. The molecule has 6 heteroatoms. The third kappa shape index (κ3) is 3.99. The van der Waals surface area contributed by atoms with E-state index >= 15 is 0 Å². The fourth-order valence-corrected chi connectivity index (χ4v) is 4.28. The summed E-state index contributed by atoms with van der Waals surface area (Å²) in [5.74, 6) is 2.44. The number of anilines is 2. The van der Waals surface area contributed by atoms with Crippen LogP contribution in [0.1, 0.15) is 43.8 Å². The second-order valence-electron chi connectivity index (χ2n) is 8.45. The number of aryl methyl sites for hydroxylation is 1. The topological polar surface area (TPSA) is 52.6 Å². The molecule has 1 amide bonds.